The molecule has 2 aromatic rings. The molecule has 10 heteroatoms. The zero-order chi connectivity index (χ0) is 19.4. The Labute approximate surface area is 152 Å². The molecule has 0 spiro atoms. The van der Waals surface area contributed by atoms with Gasteiger partial charge in [-0.15, -0.1) is 0 Å². The van der Waals surface area contributed by atoms with Crippen LogP contribution in [0.4, 0.5) is 23.7 Å². The second kappa shape index (κ2) is 7.68. The van der Waals surface area contributed by atoms with E-state index in [1.54, 1.807) is 10.9 Å². The van der Waals surface area contributed by atoms with E-state index in [2.05, 4.69) is 15.2 Å². The van der Waals surface area contributed by atoms with Gasteiger partial charge in [0.2, 0.25) is 5.91 Å². The third-order valence-electron chi connectivity index (χ3n) is 4.02. The van der Waals surface area contributed by atoms with Gasteiger partial charge in [-0.3, -0.25) is 9.69 Å². The first-order valence-electron chi connectivity index (χ1n) is 8.24. The number of rotatable bonds is 4. The number of nitrogens with zero attached hydrogens (tertiary/aromatic N) is 3. The molecule has 1 aromatic heterocycles. The van der Waals surface area contributed by atoms with Crippen LogP contribution in [-0.2, 0) is 9.53 Å². The van der Waals surface area contributed by atoms with Crippen LogP contribution in [0.1, 0.15) is 12.8 Å². The molecule has 0 bridgehead atoms. The predicted octanol–water partition coefficient (Wildman–Crippen LogP) is 2.97. The van der Waals surface area contributed by atoms with Crippen LogP contribution >= 0.6 is 0 Å². The zero-order valence-corrected chi connectivity index (χ0v) is 14.1. The summed E-state index contributed by atoms with van der Waals surface area (Å²) in [6.07, 6.45) is -1.85. The molecule has 3 rings (SSSR count). The lowest BCUT2D eigenvalue weighted by Crippen LogP contribution is -2.44. The van der Waals surface area contributed by atoms with Gasteiger partial charge >= 0.3 is 12.3 Å². The van der Waals surface area contributed by atoms with E-state index >= 15 is 0 Å². The minimum absolute atomic E-state index is 0.165. The van der Waals surface area contributed by atoms with Crippen molar-refractivity contribution in [3.8, 4) is 5.69 Å². The average molecular weight is 382 g/mol. The Morgan fingerprint density at radius 3 is 2.70 bits per heavy atom. The lowest BCUT2D eigenvalue weighted by molar-refractivity contribution is -0.162. The molecule has 1 aromatic carbocycles. The summed E-state index contributed by atoms with van der Waals surface area (Å²) in [5, 5.41) is 6.79. The number of halogens is 3. The van der Waals surface area contributed by atoms with Crippen LogP contribution in [0.2, 0.25) is 0 Å². The van der Waals surface area contributed by atoms with Crippen molar-refractivity contribution in [2.75, 3.05) is 18.5 Å². The van der Waals surface area contributed by atoms with Gasteiger partial charge in [-0.25, -0.2) is 9.48 Å². The highest BCUT2D eigenvalue weighted by atomic mass is 19.4. The van der Waals surface area contributed by atoms with E-state index < -0.39 is 30.8 Å². The van der Waals surface area contributed by atoms with Gasteiger partial charge in [0.15, 0.2) is 6.61 Å². The van der Waals surface area contributed by atoms with E-state index in [9.17, 15) is 22.8 Å². The zero-order valence-electron chi connectivity index (χ0n) is 14.1. The third-order valence-corrected chi connectivity index (χ3v) is 4.02. The summed E-state index contributed by atoms with van der Waals surface area (Å²) in [6.45, 7) is -1.52. The standard InChI is InChI=1S/C17H17F3N4O3/c18-17(19,20)11-27-16(26)23-8-4-7-14(23)15(25)22-12-9-21-24(10-12)13-5-2-1-3-6-13/h1-3,5-6,9-10,14H,4,7-8,11H2,(H,22,25). The molecule has 0 saturated carbocycles. The molecule has 1 N–H and O–H groups in total. The van der Waals surface area contributed by atoms with E-state index in [-0.39, 0.29) is 6.54 Å². The molecular formula is C17H17F3N4O3. The van der Waals surface area contributed by atoms with Gasteiger partial charge in [-0.05, 0) is 25.0 Å². The molecule has 2 amide bonds. The number of carbonyl (C=O) groups excluding carboxylic acids is 2. The van der Waals surface area contributed by atoms with Crippen molar-refractivity contribution in [3.05, 3.63) is 42.7 Å². The lowest BCUT2D eigenvalue weighted by Gasteiger charge is -2.23. The quantitative estimate of drug-likeness (QED) is 0.882. The summed E-state index contributed by atoms with van der Waals surface area (Å²) < 4.78 is 42.4. The van der Waals surface area contributed by atoms with Crippen LogP contribution in [0.3, 0.4) is 0 Å². The van der Waals surface area contributed by atoms with E-state index in [1.165, 1.54) is 6.20 Å². The van der Waals surface area contributed by atoms with E-state index in [4.69, 9.17) is 0 Å². The second-order valence-electron chi connectivity index (χ2n) is 6.02. The molecule has 1 unspecified atom stereocenters. The molecule has 1 saturated heterocycles. The number of nitrogens with one attached hydrogen (secondary N) is 1. The van der Waals surface area contributed by atoms with Gasteiger partial charge in [0.05, 0.1) is 23.8 Å². The summed E-state index contributed by atoms with van der Waals surface area (Å²) in [4.78, 5) is 25.3. The number of ether oxygens (including phenoxy) is 1. The highest BCUT2D eigenvalue weighted by Crippen LogP contribution is 2.22. The van der Waals surface area contributed by atoms with Gasteiger partial charge in [0, 0.05) is 6.54 Å². The maximum absolute atomic E-state index is 12.5. The fraction of sp³-hybridized carbons (Fsp3) is 0.353. The number of amides is 2. The molecule has 0 radical (unpaired) electrons. The Balaban J connectivity index is 1.62. The molecule has 0 aliphatic carbocycles. The molecule has 1 aliphatic heterocycles. The number of para-hydroxylation sites is 1. The molecular weight excluding hydrogens is 365 g/mol. The summed E-state index contributed by atoms with van der Waals surface area (Å²) in [5.74, 6) is -0.496. The van der Waals surface area contributed by atoms with Gasteiger partial charge < -0.3 is 10.1 Å². The first-order valence-corrected chi connectivity index (χ1v) is 8.24. The molecule has 2 heterocycles. The number of anilines is 1. The summed E-state index contributed by atoms with van der Waals surface area (Å²) in [6, 6.07) is 8.35. The van der Waals surface area contributed by atoms with Crippen LogP contribution in [0.15, 0.2) is 42.7 Å². The van der Waals surface area contributed by atoms with Crippen molar-refractivity contribution < 1.29 is 27.5 Å². The average Bonchev–Trinajstić information content (AvgIpc) is 3.29. The predicted molar refractivity (Wildman–Crippen MR) is 89.3 cm³/mol. The van der Waals surface area contributed by atoms with Gasteiger partial charge in [-0.2, -0.15) is 18.3 Å². The summed E-state index contributed by atoms with van der Waals surface area (Å²) in [7, 11) is 0. The summed E-state index contributed by atoms with van der Waals surface area (Å²) >= 11 is 0. The van der Waals surface area contributed by atoms with Crippen LogP contribution in [0.5, 0.6) is 0 Å². The number of benzene rings is 1. The van der Waals surface area contributed by atoms with Crippen molar-refractivity contribution in [1.29, 1.82) is 0 Å². The van der Waals surface area contributed by atoms with Gasteiger partial charge in [0.25, 0.3) is 0 Å². The molecule has 1 aliphatic rings. The van der Waals surface area contributed by atoms with Crippen LogP contribution in [0.25, 0.3) is 5.69 Å². The number of carbonyl (C=O) groups is 2. The largest absolute Gasteiger partial charge is 0.440 e. The Hall–Kier alpha value is -3.04. The van der Waals surface area contributed by atoms with Gasteiger partial charge in [-0.1, -0.05) is 18.2 Å². The Kier molecular flexibility index (Phi) is 5.33. The van der Waals surface area contributed by atoms with Crippen molar-refractivity contribution >= 4 is 17.7 Å². The topological polar surface area (TPSA) is 76.5 Å². The SMILES string of the molecule is O=C(Nc1cnn(-c2ccccc2)c1)C1CCCN1C(=O)OCC(F)(F)F. The Morgan fingerprint density at radius 1 is 1.26 bits per heavy atom. The smallest absolute Gasteiger partial charge is 0.422 e. The van der Waals surface area contributed by atoms with Crippen LogP contribution in [-0.4, -0.2) is 52.1 Å². The maximum atomic E-state index is 12.5. The highest BCUT2D eigenvalue weighted by molar-refractivity contribution is 5.96. The first-order chi connectivity index (χ1) is 12.8. The van der Waals surface area contributed by atoms with E-state index in [1.807, 2.05) is 30.3 Å². The second-order valence-corrected chi connectivity index (χ2v) is 6.02. The monoisotopic (exact) mass is 382 g/mol. The number of aromatic nitrogens is 2. The van der Waals surface area contributed by atoms with E-state index in [0.29, 0.717) is 18.5 Å². The van der Waals surface area contributed by atoms with Crippen molar-refractivity contribution in [2.24, 2.45) is 0 Å². The van der Waals surface area contributed by atoms with E-state index in [0.717, 1.165) is 10.6 Å². The van der Waals surface area contributed by atoms with Crippen molar-refractivity contribution in [1.82, 2.24) is 14.7 Å². The lowest BCUT2D eigenvalue weighted by atomic mass is 10.2. The maximum Gasteiger partial charge on any atom is 0.422 e. The number of alkyl halides is 3. The minimum atomic E-state index is -4.61. The molecule has 7 nitrogen and oxygen atoms in total. The normalized spacial score (nSPS) is 17.0. The van der Waals surface area contributed by atoms with Crippen molar-refractivity contribution in [2.45, 2.75) is 25.1 Å². The Morgan fingerprint density at radius 2 is 2.00 bits per heavy atom. The Bertz CT molecular complexity index is 807. The fourth-order valence-electron chi connectivity index (χ4n) is 2.82. The molecule has 144 valence electrons. The fourth-order valence-corrected chi connectivity index (χ4v) is 2.82. The van der Waals surface area contributed by atoms with Gasteiger partial charge in [0.1, 0.15) is 6.04 Å². The number of likely N-dealkylation sites (tertiary alicyclic amines) is 1. The molecule has 27 heavy (non-hydrogen) atoms. The first kappa shape index (κ1) is 18.7. The van der Waals surface area contributed by atoms with Crippen LogP contribution < -0.4 is 5.32 Å². The van der Waals surface area contributed by atoms with Crippen molar-refractivity contribution in [3.63, 3.8) is 0 Å². The summed E-state index contributed by atoms with van der Waals surface area (Å²) in [5.41, 5.74) is 1.22. The molecule has 1 atom stereocenters. The number of hydrogen-bond acceptors (Lipinski definition) is 4. The minimum Gasteiger partial charge on any atom is -0.440 e. The number of hydrogen-bond donors (Lipinski definition) is 1. The third kappa shape index (κ3) is 4.78. The van der Waals surface area contributed by atoms with Crippen LogP contribution in [0, 0.1) is 0 Å². The molecule has 1 fully saturated rings. The highest BCUT2D eigenvalue weighted by Gasteiger charge is 2.37.